The highest BCUT2D eigenvalue weighted by atomic mass is 32.1. The number of hydrogen-bond donors (Lipinski definition) is 0. The van der Waals surface area contributed by atoms with Crippen LogP contribution in [0.1, 0.15) is 34.8 Å². The summed E-state index contributed by atoms with van der Waals surface area (Å²) in [6.45, 7) is 5.61. The first-order valence-electron chi connectivity index (χ1n) is 5.69. The molecule has 0 aliphatic heterocycles. The molecule has 2 nitrogen and oxygen atoms in total. The second kappa shape index (κ2) is 4.80. The van der Waals surface area contributed by atoms with Crippen LogP contribution in [-0.2, 0) is 6.42 Å². The summed E-state index contributed by atoms with van der Waals surface area (Å²) in [6, 6.07) is 8.36. The first-order chi connectivity index (χ1) is 8.11. The zero-order chi connectivity index (χ0) is 12.4. The predicted molar refractivity (Wildman–Crippen MR) is 71.7 cm³/mol. The van der Waals surface area contributed by atoms with E-state index in [1.54, 1.807) is 6.92 Å². The molecule has 1 aromatic carbocycles. The fraction of sp³-hybridized carbons (Fsp3) is 0.286. The van der Waals surface area contributed by atoms with Gasteiger partial charge >= 0.3 is 0 Å². The summed E-state index contributed by atoms with van der Waals surface area (Å²) in [5.41, 5.74) is 3.23. The van der Waals surface area contributed by atoms with E-state index < -0.39 is 0 Å². The molecule has 0 aliphatic rings. The molecule has 0 unspecified atom stereocenters. The van der Waals surface area contributed by atoms with Crippen molar-refractivity contribution in [3.05, 3.63) is 40.4 Å². The largest absolute Gasteiger partial charge is 0.294 e. The monoisotopic (exact) mass is 245 g/mol. The smallest absolute Gasteiger partial charge is 0.171 e. The van der Waals surface area contributed by atoms with Crippen LogP contribution in [0, 0.1) is 6.92 Å². The molecule has 17 heavy (non-hydrogen) atoms. The van der Waals surface area contributed by atoms with Crippen molar-refractivity contribution in [3.63, 3.8) is 0 Å². The van der Waals surface area contributed by atoms with Crippen LogP contribution in [0.5, 0.6) is 0 Å². The van der Waals surface area contributed by atoms with E-state index >= 15 is 0 Å². The van der Waals surface area contributed by atoms with Crippen molar-refractivity contribution >= 4 is 17.1 Å². The van der Waals surface area contributed by atoms with Crippen LogP contribution in [-0.4, -0.2) is 10.8 Å². The van der Waals surface area contributed by atoms with Crippen molar-refractivity contribution < 1.29 is 4.79 Å². The summed E-state index contributed by atoms with van der Waals surface area (Å²) in [5, 5.41) is 0.926. The van der Waals surface area contributed by atoms with Crippen molar-refractivity contribution in [1.82, 2.24) is 4.98 Å². The third kappa shape index (κ3) is 2.44. The number of carbonyl (C=O) groups excluding carboxylic acids is 1. The zero-order valence-electron chi connectivity index (χ0n) is 10.3. The number of ketones is 1. The number of rotatable bonds is 3. The third-order valence-electron chi connectivity index (χ3n) is 2.73. The number of aromatic nitrogens is 1. The summed E-state index contributed by atoms with van der Waals surface area (Å²) in [7, 11) is 0. The molecule has 0 N–H and O–H groups in total. The average molecular weight is 245 g/mol. The van der Waals surface area contributed by atoms with Gasteiger partial charge in [0, 0.05) is 12.5 Å². The lowest BCUT2D eigenvalue weighted by Crippen LogP contribution is -1.89. The summed E-state index contributed by atoms with van der Waals surface area (Å²) < 4.78 is 0. The van der Waals surface area contributed by atoms with Gasteiger partial charge in [-0.3, -0.25) is 4.79 Å². The minimum atomic E-state index is 0.0939. The van der Waals surface area contributed by atoms with Crippen molar-refractivity contribution in [3.8, 4) is 10.6 Å². The lowest BCUT2D eigenvalue weighted by Gasteiger charge is -1.98. The molecule has 0 atom stereocenters. The molecular weight excluding hydrogens is 230 g/mol. The van der Waals surface area contributed by atoms with Gasteiger partial charge in [0.15, 0.2) is 5.78 Å². The van der Waals surface area contributed by atoms with Gasteiger partial charge in [0.05, 0.1) is 10.6 Å². The lowest BCUT2D eigenvalue weighted by atomic mass is 10.1. The Hall–Kier alpha value is -1.48. The molecule has 0 saturated heterocycles. The van der Waals surface area contributed by atoms with Crippen LogP contribution in [0.4, 0.5) is 0 Å². The minimum Gasteiger partial charge on any atom is -0.294 e. The maximum atomic E-state index is 11.4. The van der Waals surface area contributed by atoms with Gasteiger partial charge in [-0.25, -0.2) is 4.98 Å². The standard InChI is InChI=1S/C14H15NOS/c1-4-11-5-7-12(8-6-11)14-15-9(2)13(17-14)10(3)16/h5-8H,4H2,1-3H3. The predicted octanol–water partition coefficient (Wildman–Crippen LogP) is 3.88. The Balaban J connectivity index is 2.39. The van der Waals surface area contributed by atoms with Crippen molar-refractivity contribution in [1.29, 1.82) is 0 Å². The molecule has 2 rings (SSSR count). The molecule has 0 aliphatic carbocycles. The normalized spacial score (nSPS) is 10.5. The number of thiazole rings is 1. The molecule has 88 valence electrons. The molecule has 0 spiro atoms. The molecule has 0 radical (unpaired) electrons. The van der Waals surface area contributed by atoms with E-state index in [-0.39, 0.29) is 5.78 Å². The molecule has 0 saturated carbocycles. The first kappa shape index (κ1) is 12.0. The van der Waals surface area contributed by atoms with Crippen molar-refractivity contribution in [2.45, 2.75) is 27.2 Å². The van der Waals surface area contributed by atoms with Gasteiger partial charge in [0.1, 0.15) is 5.01 Å². The molecule has 3 heteroatoms. The molecule has 0 fully saturated rings. The Kier molecular flexibility index (Phi) is 3.38. The summed E-state index contributed by atoms with van der Waals surface area (Å²) in [4.78, 5) is 16.6. The SMILES string of the molecule is CCc1ccc(-c2nc(C)c(C(C)=O)s2)cc1. The van der Waals surface area contributed by atoms with Crippen LogP contribution >= 0.6 is 11.3 Å². The quantitative estimate of drug-likeness (QED) is 0.768. The summed E-state index contributed by atoms with van der Waals surface area (Å²) >= 11 is 1.47. The van der Waals surface area contributed by atoms with E-state index in [4.69, 9.17) is 0 Å². The highest BCUT2D eigenvalue weighted by Gasteiger charge is 2.12. The summed E-state index contributed by atoms with van der Waals surface area (Å²) in [6.07, 6.45) is 1.04. The highest BCUT2D eigenvalue weighted by Crippen LogP contribution is 2.28. The Labute approximate surface area is 105 Å². The van der Waals surface area contributed by atoms with E-state index in [1.165, 1.54) is 16.9 Å². The topological polar surface area (TPSA) is 30.0 Å². The number of hydrogen-bond acceptors (Lipinski definition) is 3. The molecule has 1 heterocycles. The van der Waals surface area contributed by atoms with E-state index in [9.17, 15) is 4.79 Å². The van der Waals surface area contributed by atoms with Gasteiger partial charge in [0.25, 0.3) is 0 Å². The Morgan fingerprint density at radius 2 is 1.94 bits per heavy atom. The van der Waals surface area contributed by atoms with E-state index in [1.807, 2.05) is 6.92 Å². The van der Waals surface area contributed by atoms with Crippen LogP contribution in [0.15, 0.2) is 24.3 Å². The van der Waals surface area contributed by atoms with E-state index in [2.05, 4.69) is 36.2 Å². The molecule has 1 aromatic heterocycles. The van der Waals surface area contributed by atoms with Crippen LogP contribution in [0.3, 0.4) is 0 Å². The Bertz CT molecular complexity index is 540. The van der Waals surface area contributed by atoms with E-state index in [0.29, 0.717) is 0 Å². The van der Waals surface area contributed by atoms with E-state index in [0.717, 1.165) is 27.6 Å². The maximum Gasteiger partial charge on any atom is 0.171 e. The highest BCUT2D eigenvalue weighted by molar-refractivity contribution is 7.17. The van der Waals surface area contributed by atoms with Gasteiger partial charge < -0.3 is 0 Å². The van der Waals surface area contributed by atoms with Crippen LogP contribution < -0.4 is 0 Å². The molecule has 0 bridgehead atoms. The fourth-order valence-electron chi connectivity index (χ4n) is 1.73. The fourth-order valence-corrected chi connectivity index (χ4v) is 2.70. The number of carbonyl (C=O) groups is 1. The second-order valence-corrected chi connectivity index (χ2v) is 5.04. The van der Waals surface area contributed by atoms with Gasteiger partial charge in [-0.05, 0) is 18.9 Å². The Morgan fingerprint density at radius 3 is 2.41 bits per heavy atom. The van der Waals surface area contributed by atoms with Crippen molar-refractivity contribution in [2.24, 2.45) is 0 Å². The molecule has 0 amide bonds. The minimum absolute atomic E-state index is 0.0939. The van der Waals surface area contributed by atoms with Crippen LogP contribution in [0.25, 0.3) is 10.6 Å². The lowest BCUT2D eigenvalue weighted by molar-refractivity contribution is 0.102. The van der Waals surface area contributed by atoms with Gasteiger partial charge in [0.2, 0.25) is 0 Å². The number of benzene rings is 1. The number of nitrogens with zero attached hydrogens (tertiary/aromatic N) is 1. The second-order valence-electron chi connectivity index (χ2n) is 4.04. The van der Waals surface area contributed by atoms with Gasteiger partial charge in [-0.15, -0.1) is 11.3 Å². The van der Waals surface area contributed by atoms with Gasteiger partial charge in [-0.2, -0.15) is 0 Å². The average Bonchev–Trinajstić information content (AvgIpc) is 2.71. The molecule has 2 aromatic rings. The van der Waals surface area contributed by atoms with Crippen molar-refractivity contribution in [2.75, 3.05) is 0 Å². The van der Waals surface area contributed by atoms with Gasteiger partial charge in [-0.1, -0.05) is 31.2 Å². The number of Topliss-reactive ketones (excluding diaryl/α,β-unsaturated/α-hetero) is 1. The first-order valence-corrected chi connectivity index (χ1v) is 6.51. The van der Waals surface area contributed by atoms with Crippen LogP contribution in [0.2, 0.25) is 0 Å². The molecular formula is C14H15NOS. The maximum absolute atomic E-state index is 11.4. The zero-order valence-corrected chi connectivity index (χ0v) is 11.1. The third-order valence-corrected chi connectivity index (χ3v) is 4.03. The number of aryl methyl sites for hydroxylation is 2. The summed E-state index contributed by atoms with van der Waals surface area (Å²) in [5.74, 6) is 0.0939. The Morgan fingerprint density at radius 1 is 1.29 bits per heavy atom.